The maximum atomic E-state index is 16.2. The third kappa shape index (κ3) is 3.08. The van der Waals surface area contributed by atoms with Crippen LogP contribution in [0, 0.1) is 11.6 Å². The molecule has 9 heteroatoms. The van der Waals surface area contributed by atoms with Crippen molar-refractivity contribution in [3.8, 4) is 0 Å². The summed E-state index contributed by atoms with van der Waals surface area (Å²) >= 11 is 6.12. The van der Waals surface area contributed by atoms with E-state index in [9.17, 15) is 9.59 Å². The summed E-state index contributed by atoms with van der Waals surface area (Å²) in [5, 5.41) is 0.838. The van der Waals surface area contributed by atoms with Crippen molar-refractivity contribution in [1.82, 2.24) is 14.5 Å². The first-order valence-electron chi connectivity index (χ1n) is 11.0. The molecule has 0 bridgehead atoms. The van der Waals surface area contributed by atoms with Crippen LogP contribution in [-0.2, 0) is 0 Å². The lowest BCUT2D eigenvalue weighted by molar-refractivity contribution is 0.310. The van der Waals surface area contributed by atoms with Gasteiger partial charge in [0.2, 0.25) is 5.43 Å². The molecule has 2 aromatic heterocycles. The Morgan fingerprint density at radius 1 is 1.00 bits per heavy atom. The van der Waals surface area contributed by atoms with E-state index >= 15 is 8.78 Å². The smallest absolute Gasteiger partial charge is 0.261 e. The number of halogens is 3. The van der Waals surface area contributed by atoms with Crippen LogP contribution in [0.2, 0.25) is 5.02 Å². The van der Waals surface area contributed by atoms with E-state index < -0.39 is 22.6 Å². The average molecular weight is 471 g/mol. The fourth-order valence-electron chi connectivity index (χ4n) is 4.99. The number of aromatic amines is 1. The Balaban J connectivity index is 1.78. The Kier molecular flexibility index (Phi) is 4.54. The van der Waals surface area contributed by atoms with Gasteiger partial charge in [-0.05, 0) is 44.2 Å². The van der Waals surface area contributed by atoms with E-state index in [2.05, 4.69) is 9.88 Å². The molecule has 1 saturated carbocycles. The number of hydrogen-bond acceptors (Lipinski definition) is 4. The highest BCUT2D eigenvalue weighted by Gasteiger charge is 2.33. The summed E-state index contributed by atoms with van der Waals surface area (Å²) < 4.78 is 33.2. The number of pyridine rings is 2. The summed E-state index contributed by atoms with van der Waals surface area (Å²) in [5.41, 5.74) is -0.467. The van der Waals surface area contributed by atoms with Crippen LogP contribution >= 0.6 is 11.6 Å². The number of rotatable bonds is 2. The van der Waals surface area contributed by atoms with Crippen LogP contribution < -0.4 is 15.9 Å². The van der Waals surface area contributed by atoms with E-state index in [0.717, 1.165) is 18.9 Å². The lowest BCUT2D eigenvalue weighted by Gasteiger charge is -2.34. The monoisotopic (exact) mass is 470 g/mol. The number of anilines is 1. The highest BCUT2D eigenvalue weighted by atomic mass is 35.5. The average Bonchev–Trinajstić information content (AvgIpc) is 3.60. The molecule has 2 aromatic carbocycles. The van der Waals surface area contributed by atoms with Crippen molar-refractivity contribution >= 4 is 50.0 Å². The summed E-state index contributed by atoms with van der Waals surface area (Å²) in [6.45, 7) is 2.34. The normalized spacial score (nSPS) is 17.5. The van der Waals surface area contributed by atoms with E-state index in [1.807, 2.05) is 7.05 Å². The van der Waals surface area contributed by atoms with Gasteiger partial charge in [-0.2, -0.15) is 0 Å². The number of nitrogens with one attached hydrogen (secondary N) is 1. The van der Waals surface area contributed by atoms with Crippen molar-refractivity contribution < 1.29 is 8.78 Å². The molecule has 2 aliphatic rings. The second kappa shape index (κ2) is 7.27. The van der Waals surface area contributed by atoms with Gasteiger partial charge in [0.25, 0.3) is 5.56 Å². The second-order valence-corrected chi connectivity index (χ2v) is 9.44. The van der Waals surface area contributed by atoms with Gasteiger partial charge in [-0.15, -0.1) is 0 Å². The van der Waals surface area contributed by atoms with Gasteiger partial charge in [-0.3, -0.25) is 9.59 Å². The first kappa shape index (κ1) is 20.6. The highest BCUT2D eigenvalue weighted by Crippen LogP contribution is 2.42. The molecule has 6 nitrogen and oxygen atoms in total. The SMILES string of the molecule is CN1CCN(c2c(F)cc3c(=O)c4c(=O)[nH]c5cc(Cl)ccc5c4n(C4CC4)c3c2F)CC1. The Morgan fingerprint density at radius 2 is 1.73 bits per heavy atom. The summed E-state index contributed by atoms with van der Waals surface area (Å²) in [7, 11) is 1.97. The predicted octanol–water partition coefficient (Wildman–Crippen LogP) is 4.01. The van der Waals surface area contributed by atoms with Crippen molar-refractivity contribution in [2.75, 3.05) is 38.1 Å². The highest BCUT2D eigenvalue weighted by molar-refractivity contribution is 6.31. The van der Waals surface area contributed by atoms with Gasteiger partial charge in [0.05, 0.1) is 21.9 Å². The van der Waals surface area contributed by atoms with Crippen molar-refractivity contribution in [2.45, 2.75) is 18.9 Å². The minimum absolute atomic E-state index is 0.0622. The van der Waals surface area contributed by atoms with Crippen molar-refractivity contribution in [2.24, 2.45) is 0 Å². The van der Waals surface area contributed by atoms with E-state index in [1.54, 1.807) is 27.7 Å². The Morgan fingerprint density at radius 3 is 2.42 bits per heavy atom. The minimum atomic E-state index is -0.785. The Labute approximate surface area is 192 Å². The van der Waals surface area contributed by atoms with Crippen molar-refractivity contribution in [1.29, 1.82) is 0 Å². The van der Waals surface area contributed by atoms with Gasteiger partial charge >= 0.3 is 0 Å². The van der Waals surface area contributed by atoms with Gasteiger partial charge in [0.1, 0.15) is 16.9 Å². The maximum absolute atomic E-state index is 16.2. The summed E-state index contributed by atoms with van der Waals surface area (Å²) in [6, 6.07) is 6.03. The molecule has 6 rings (SSSR count). The third-order valence-corrected chi connectivity index (χ3v) is 7.04. The molecule has 0 radical (unpaired) electrons. The zero-order valence-electron chi connectivity index (χ0n) is 17.9. The molecular formula is C24H21ClF2N4O2. The number of aromatic nitrogens is 2. The van der Waals surface area contributed by atoms with E-state index in [4.69, 9.17) is 11.6 Å². The molecule has 33 heavy (non-hydrogen) atoms. The molecule has 170 valence electrons. The second-order valence-electron chi connectivity index (χ2n) is 9.01. The number of piperazine rings is 1. The van der Waals surface area contributed by atoms with Crippen molar-refractivity contribution in [3.05, 3.63) is 61.5 Å². The van der Waals surface area contributed by atoms with Crippen LogP contribution in [0.1, 0.15) is 18.9 Å². The lowest BCUT2D eigenvalue weighted by Crippen LogP contribution is -2.45. The lowest BCUT2D eigenvalue weighted by atomic mass is 10.0. The molecule has 1 saturated heterocycles. The van der Waals surface area contributed by atoms with Crippen LogP contribution in [0.5, 0.6) is 0 Å². The van der Waals surface area contributed by atoms with Crippen LogP contribution in [0.15, 0.2) is 33.9 Å². The standard InChI is InChI=1S/C24H21ClF2N4O2/c1-29-6-8-30(9-7-29)22-16(26)11-15-21(19(22)27)31(13-3-4-13)20-14-5-2-12(25)10-17(14)28-24(33)18(20)23(15)32/h2,5,10-11,13H,3-4,6-9H2,1H3,(H,28,33). The number of H-pyrrole nitrogens is 1. The summed E-state index contributed by atoms with van der Waals surface area (Å²) in [6.07, 6.45) is 1.57. The molecule has 0 amide bonds. The first-order chi connectivity index (χ1) is 15.8. The van der Waals surface area contributed by atoms with Crippen LogP contribution in [0.25, 0.3) is 32.7 Å². The number of fused-ring (bicyclic) bond motifs is 4. The summed E-state index contributed by atoms with van der Waals surface area (Å²) in [5.74, 6) is -1.53. The van der Waals surface area contributed by atoms with E-state index in [0.29, 0.717) is 47.6 Å². The minimum Gasteiger partial charge on any atom is -0.364 e. The number of hydrogen-bond donors (Lipinski definition) is 1. The molecule has 3 heterocycles. The van der Waals surface area contributed by atoms with Gasteiger partial charge < -0.3 is 19.4 Å². The number of nitrogens with zero attached hydrogens (tertiary/aromatic N) is 3. The van der Waals surface area contributed by atoms with Crippen molar-refractivity contribution in [3.63, 3.8) is 0 Å². The Bertz CT molecular complexity index is 1580. The number of benzene rings is 2. The molecular weight excluding hydrogens is 450 g/mol. The van der Waals surface area contributed by atoms with Gasteiger partial charge in [0.15, 0.2) is 5.82 Å². The van der Waals surface area contributed by atoms with Crippen LogP contribution in [-0.4, -0.2) is 47.7 Å². The fourth-order valence-corrected chi connectivity index (χ4v) is 5.16. The Hall–Kier alpha value is -2.97. The molecule has 0 unspecified atom stereocenters. The van der Waals surface area contributed by atoms with Crippen LogP contribution in [0.4, 0.5) is 14.5 Å². The summed E-state index contributed by atoms with van der Waals surface area (Å²) in [4.78, 5) is 32.9. The first-order valence-corrected chi connectivity index (χ1v) is 11.4. The predicted molar refractivity (Wildman–Crippen MR) is 127 cm³/mol. The van der Waals surface area contributed by atoms with E-state index in [1.165, 1.54) is 0 Å². The van der Waals surface area contributed by atoms with Gasteiger partial charge in [-0.25, -0.2) is 8.78 Å². The van der Waals surface area contributed by atoms with Crippen LogP contribution in [0.3, 0.4) is 0 Å². The largest absolute Gasteiger partial charge is 0.364 e. The zero-order chi connectivity index (χ0) is 23.0. The molecule has 4 aromatic rings. The molecule has 1 aliphatic heterocycles. The molecule has 1 N–H and O–H groups in total. The fraction of sp³-hybridized carbons (Fsp3) is 0.333. The molecule has 0 atom stereocenters. The topological polar surface area (TPSA) is 61.3 Å². The van der Waals surface area contributed by atoms with Gasteiger partial charge in [0, 0.05) is 42.6 Å². The third-order valence-electron chi connectivity index (χ3n) is 6.80. The van der Waals surface area contributed by atoms with E-state index in [-0.39, 0.29) is 28.0 Å². The number of likely N-dealkylation sites (N-methyl/N-ethyl adjacent to an activating group) is 1. The quantitative estimate of drug-likeness (QED) is 0.355. The van der Waals surface area contributed by atoms with Gasteiger partial charge in [-0.1, -0.05) is 11.6 Å². The zero-order valence-corrected chi connectivity index (χ0v) is 18.7. The molecule has 1 aliphatic carbocycles. The molecule has 2 fully saturated rings. The molecule has 0 spiro atoms. The maximum Gasteiger partial charge on any atom is 0.261 e.